The zero-order chi connectivity index (χ0) is 13.4. The van der Waals surface area contributed by atoms with Crippen LogP contribution in [0.15, 0.2) is 40.9 Å². The van der Waals surface area contributed by atoms with Gasteiger partial charge < -0.3 is 5.32 Å². The molecule has 1 N–H and O–H groups in total. The van der Waals surface area contributed by atoms with Crippen LogP contribution in [0.2, 0.25) is 0 Å². The molecule has 0 fully saturated rings. The molecule has 19 heavy (non-hydrogen) atoms. The first kappa shape index (κ1) is 12.6. The van der Waals surface area contributed by atoms with E-state index in [1.807, 2.05) is 0 Å². The van der Waals surface area contributed by atoms with Gasteiger partial charge in [0.1, 0.15) is 0 Å². The highest BCUT2D eigenvalue weighted by Gasteiger charge is 2.06. The molecule has 0 atom stereocenters. The lowest BCUT2D eigenvalue weighted by atomic mass is 10.2. The Hall–Kier alpha value is -1.39. The summed E-state index contributed by atoms with van der Waals surface area (Å²) in [6, 6.07) is 12.5. The van der Waals surface area contributed by atoms with Gasteiger partial charge in [-0.3, -0.25) is 0 Å². The van der Waals surface area contributed by atoms with Gasteiger partial charge in [-0.05, 0) is 49.2 Å². The highest BCUT2D eigenvalue weighted by atomic mass is 79.9. The summed E-state index contributed by atoms with van der Waals surface area (Å²) in [5.74, 6) is 0. The van der Waals surface area contributed by atoms with Crippen LogP contribution in [0.4, 0.5) is 10.8 Å². The minimum absolute atomic E-state index is 0.932. The fourth-order valence-electron chi connectivity index (χ4n) is 2.07. The maximum absolute atomic E-state index is 4.66. The Morgan fingerprint density at radius 3 is 2.74 bits per heavy atom. The van der Waals surface area contributed by atoms with E-state index < -0.39 is 0 Å². The number of hydrogen-bond donors (Lipinski definition) is 1. The molecule has 0 aliphatic rings. The Bertz CT molecular complexity index is 729. The van der Waals surface area contributed by atoms with Crippen molar-refractivity contribution < 1.29 is 0 Å². The summed E-state index contributed by atoms with van der Waals surface area (Å²) in [6.45, 7) is 4.17. The van der Waals surface area contributed by atoms with E-state index in [1.54, 1.807) is 11.3 Å². The Morgan fingerprint density at radius 2 is 2.00 bits per heavy atom. The van der Waals surface area contributed by atoms with Crippen LogP contribution in [0.25, 0.3) is 10.2 Å². The summed E-state index contributed by atoms with van der Waals surface area (Å²) in [5, 5.41) is 4.31. The van der Waals surface area contributed by atoms with Crippen LogP contribution in [0, 0.1) is 13.8 Å². The van der Waals surface area contributed by atoms with Crippen LogP contribution in [-0.2, 0) is 0 Å². The van der Waals surface area contributed by atoms with Crippen molar-refractivity contribution in [3.63, 3.8) is 0 Å². The number of rotatable bonds is 2. The molecule has 1 aromatic heterocycles. The van der Waals surface area contributed by atoms with E-state index in [1.165, 1.54) is 15.8 Å². The fourth-order valence-corrected chi connectivity index (χ4v) is 3.64. The third-order valence-electron chi connectivity index (χ3n) is 2.91. The largest absolute Gasteiger partial charge is 0.331 e. The monoisotopic (exact) mass is 332 g/mol. The summed E-state index contributed by atoms with van der Waals surface area (Å²) in [5.41, 5.74) is 4.58. The van der Waals surface area contributed by atoms with Crippen molar-refractivity contribution in [1.82, 2.24) is 4.98 Å². The van der Waals surface area contributed by atoms with Gasteiger partial charge in [-0.2, -0.15) is 0 Å². The smallest absolute Gasteiger partial charge is 0.188 e. The predicted molar refractivity (Wildman–Crippen MR) is 86.5 cm³/mol. The van der Waals surface area contributed by atoms with Crippen LogP contribution in [-0.4, -0.2) is 4.98 Å². The van der Waals surface area contributed by atoms with E-state index in [9.17, 15) is 0 Å². The standard InChI is InChI=1S/C15H13BrN2S/c1-9-6-11(16)8-12(7-9)17-15-18-14-10(2)4-3-5-13(14)19-15/h3-8H,1-2H3,(H,17,18). The second-order valence-corrected chi connectivity index (χ2v) is 6.53. The lowest BCUT2D eigenvalue weighted by molar-refractivity contribution is 1.38. The van der Waals surface area contributed by atoms with Crippen LogP contribution in [0.5, 0.6) is 0 Å². The van der Waals surface area contributed by atoms with Gasteiger partial charge in [0.05, 0.1) is 10.2 Å². The van der Waals surface area contributed by atoms with Crippen LogP contribution >= 0.6 is 27.3 Å². The summed E-state index contributed by atoms with van der Waals surface area (Å²) >= 11 is 5.20. The average Bonchev–Trinajstić information content (AvgIpc) is 2.71. The van der Waals surface area contributed by atoms with Crippen molar-refractivity contribution in [3.8, 4) is 0 Å². The molecule has 0 aliphatic heterocycles. The van der Waals surface area contributed by atoms with Crippen molar-refractivity contribution in [1.29, 1.82) is 0 Å². The second kappa shape index (κ2) is 4.94. The van der Waals surface area contributed by atoms with E-state index in [0.717, 1.165) is 20.8 Å². The second-order valence-electron chi connectivity index (χ2n) is 4.58. The molecule has 0 radical (unpaired) electrons. The molecular weight excluding hydrogens is 320 g/mol. The molecule has 0 bridgehead atoms. The Morgan fingerprint density at radius 1 is 1.16 bits per heavy atom. The van der Waals surface area contributed by atoms with E-state index in [2.05, 4.69) is 76.5 Å². The molecule has 0 spiro atoms. The molecule has 96 valence electrons. The van der Waals surface area contributed by atoms with Gasteiger partial charge in [-0.1, -0.05) is 39.4 Å². The number of anilines is 2. The molecule has 3 rings (SSSR count). The lowest BCUT2D eigenvalue weighted by Crippen LogP contribution is -1.90. The number of aromatic nitrogens is 1. The first-order chi connectivity index (χ1) is 9.11. The molecule has 0 saturated carbocycles. The Kier molecular flexibility index (Phi) is 3.29. The molecule has 2 nitrogen and oxygen atoms in total. The molecule has 1 heterocycles. The zero-order valence-electron chi connectivity index (χ0n) is 10.7. The normalized spacial score (nSPS) is 10.9. The highest BCUT2D eigenvalue weighted by Crippen LogP contribution is 2.30. The zero-order valence-corrected chi connectivity index (χ0v) is 13.1. The Labute approximate surface area is 124 Å². The van der Waals surface area contributed by atoms with Gasteiger partial charge in [0.25, 0.3) is 0 Å². The SMILES string of the molecule is Cc1cc(Br)cc(Nc2nc3c(C)cccc3s2)c1. The van der Waals surface area contributed by atoms with Crippen molar-refractivity contribution >= 4 is 48.3 Å². The first-order valence-corrected chi connectivity index (χ1v) is 7.63. The molecule has 3 aromatic rings. The quantitative estimate of drug-likeness (QED) is 0.677. The summed E-state index contributed by atoms with van der Waals surface area (Å²) in [7, 11) is 0. The Balaban J connectivity index is 1.99. The first-order valence-electron chi connectivity index (χ1n) is 6.02. The van der Waals surface area contributed by atoms with E-state index >= 15 is 0 Å². The molecular formula is C15H13BrN2S. The number of hydrogen-bond acceptors (Lipinski definition) is 3. The third kappa shape index (κ3) is 2.65. The van der Waals surface area contributed by atoms with Crippen molar-refractivity contribution in [2.75, 3.05) is 5.32 Å². The number of para-hydroxylation sites is 1. The van der Waals surface area contributed by atoms with Crippen molar-refractivity contribution in [2.45, 2.75) is 13.8 Å². The van der Waals surface area contributed by atoms with Crippen molar-refractivity contribution in [3.05, 3.63) is 52.0 Å². The fraction of sp³-hybridized carbons (Fsp3) is 0.133. The number of benzene rings is 2. The van der Waals surface area contributed by atoms with E-state index in [0.29, 0.717) is 0 Å². The number of fused-ring (bicyclic) bond motifs is 1. The number of halogens is 1. The minimum atomic E-state index is 0.932. The summed E-state index contributed by atoms with van der Waals surface area (Å²) in [6.07, 6.45) is 0. The van der Waals surface area contributed by atoms with Crippen LogP contribution in [0.3, 0.4) is 0 Å². The number of aryl methyl sites for hydroxylation is 2. The van der Waals surface area contributed by atoms with Gasteiger partial charge in [0.15, 0.2) is 5.13 Å². The molecule has 4 heteroatoms. The van der Waals surface area contributed by atoms with Gasteiger partial charge in [-0.25, -0.2) is 4.98 Å². The molecule has 0 amide bonds. The van der Waals surface area contributed by atoms with E-state index in [4.69, 9.17) is 0 Å². The van der Waals surface area contributed by atoms with Crippen LogP contribution < -0.4 is 5.32 Å². The highest BCUT2D eigenvalue weighted by molar-refractivity contribution is 9.10. The van der Waals surface area contributed by atoms with E-state index in [-0.39, 0.29) is 0 Å². The van der Waals surface area contributed by atoms with Crippen molar-refractivity contribution in [2.24, 2.45) is 0 Å². The van der Waals surface area contributed by atoms with Crippen LogP contribution in [0.1, 0.15) is 11.1 Å². The number of nitrogens with one attached hydrogen (secondary N) is 1. The lowest BCUT2D eigenvalue weighted by Gasteiger charge is -2.04. The summed E-state index contributed by atoms with van der Waals surface area (Å²) in [4.78, 5) is 4.66. The maximum atomic E-state index is 4.66. The van der Waals surface area contributed by atoms with Gasteiger partial charge >= 0.3 is 0 Å². The number of thiazole rings is 1. The average molecular weight is 333 g/mol. The predicted octanol–water partition coefficient (Wildman–Crippen LogP) is 5.42. The molecule has 2 aromatic carbocycles. The van der Waals surface area contributed by atoms with Gasteiger partial charge in [0, 0.05) is 10.2 Å². The topological polar surface area (TPSA) is 24.9 Å². The minimum Gasteiger partial charge on any atom is -0.331 e. The molecule has 0 saturated heterocycles. The molecule has 0 unspecified atom stereocenters. The third-order valence-corrected chi connectivity index (χ3v) is 4.31. The maximum Gasteiger partial charge on any atom is 0.188 e. The van der Waals surface area contributed by atoms with Gasteiger partial charge in [-0.15, -0.1) is 0 Å². The molecule has 0 aliphatic carbocycles. The summed E-state index contributed by atoms with van der Waals surface area (Å²) < 4.78 is 2.29. The number of nitrogens with zero attached hydrogens (tertiary/aromatic N) is 1. The van der Waals surface area contributed by atoms with Gasteiger partial charge in [0.2, 0.25) is 0 Å².